The van der Waals surface area contributed by atoms with Gasteiger partial charge in [0.05, 0.1) is 11.6 Å². The standard InChI is InChI=1S/C11H12ClN3O/c1-15-6-8-7(11(15)16)3-2-4-9(8)14-10(13)5-12/h2-4H,5-6H2,1H3,(H2,13,14). The van der Waals surface area contributed by atoms with Crippen molar-refractivity contribution in [2.75, 3.05) is 12.9 Å². The maximum absolute atomic E-state index is 11.7. The van der Waals surface area contributed by atoms with Crippen LogP contribution < -0.4 is 5.73 Å². The molecule has 0 atom stereocenters. The molecule has 0 spiro atoms. The van der Waals surface area contributed by atoms with Crippen LogP contribution in [-0.2, 0) is 6.54 Å². The van der Waals surface area contributed by atoms with Gasteiger partial charge in [-0.15, -0.1) is 11.6 Å². The monoisotopic (exact) mass is 237 g/mol. The zero-order valence-electron chi connectivity index (χ0n) is 8.90. The third-order valence-electron chi connectivity index (χ3n) is 2.52. The number of amides is 1. The molecule has 0 bridgehead atoms. The van der Waals surface area contributed by atoms with E-state index >= 15 is 0 Å². The van der Waals surface area contributed by atoms with Gasteiger partial charge in [0.15, 0.2) is 0 Å². The van der Waals surface area contributed by atoms with Gasteiger partial charge in [-0.1, -0.05) is 6.07 Å². The van der Waals surface area contributed by atoms with E-state index in [2.05, 4.69) is 4.99 Å². The Hall–Kier alpha value is -1.55. The molecule has 0 fully saturated rings. The summed E-state index contributed by atoms with van der Waals surface area (Å²) in [7, 11) is 1.76. The van der Waals surface area contributed by atoms with Crippen LogP contribution in [-0.4, -0.2) is 29.6 Å². The van der Waals surface area contributed by atoms with E-state index in [9.17, 15) is 4.79 Å². The number of amidine groups is 1. The van der Waals surface area contributed by atoms with Gasteiger partial charge in [0.2, 0.25) is 0 Å². The number of carbonyl (C=O) groups is 1. The van der Waals surface area contributed by atoms with Crippen LogP contribution in [0, 0.1) is 0 Å². The number of benzene rings is 1. The second kappa shape index (κ2) is 4.14. The van der Waals surface area contributed by atoms with E-state index in [-0.39, 0.29) is 11.8 Å². The lowest BCUT2D eigenvalue weighted by Gasteiger charge is -2.05. The normalized spacial score (nSPS) is 15.5. The Labute approximate surface area is 98.7 Å². The number of rotatable bonds is 2. The van der Waals surface area contributed by atoms with Crippen molar-refractivity contribution in [2.45, 2.75) is 6.54 Å². The molecule has 1 aromatic carbocycles. The van der Waals surface area contributed by atoms with E-state index in [0.29, 0.717) is 17.9 Å². The lowest BCUT2D eigenvalue weighted by Crippen LogP contribution is -2.17. The summed E-state index contributed by atoms with van der Waals surface area (Å²) in [6.45, 7) is 0.573. The smallest absolute Gasteiger partial charge is 0.254 e. The van der Waals surface area contributed by atoms with Crippen LogP contribution in [0.3, 0.4) is 0 Å². The highest BCUT2D eigenvalue weighted by Gasteiger charge is 2.26. The predicted octanol–water partition coefficient (Wildman–Crippen LogP) is 1.50. The van der Waals surface area contributed by atoms with E-state index in [1.165, 1.54) is 0 Å². The molecular weight excluding hydrogens is 226 g/mol. The zero-order chi connectivity index (χ0) is 11.7. The van der Waals surface area contributed by atoms with Crippen molar-refractivity contribution in [3.8, 4) is 0 Å². The molecule has 1 amide bonds. The number of aliphatic imine (C=N–C) groups is 1. The molecule has 5 heteroatoms. The predicted molar refractivity (Wildman–Crippen MR) is 64.2 cm³/mol. The van der Waals surface area contributed by atoms with Crippen LogP contribution in [0.2, 0.25) is 0 Å². The first-order chi connectivity index (χ1) is 7.63. The fourth-order valence-electron chi connectivity index (χ4n) is 1.75. The van der Waals surface area contributed by atoms with E-state index in [0.717, 1.165) is 11.3 Å². The Morgan fingerprint density at radius 3 is 3.06 bits per heavy atom. The van der Waals surface area contributed by atoms with Gasteiger partial charge in [0.1, 0.15) is 5.84 Å². The first-order valence-electron chi connectivity index (χ1n) is 4.90. The van der Waals surface area contributed by atoms with E-state index in [1.807, 2.05) is 6.07 Å². The maximum atomic E-state index is 11.7. The lowest BCUT2D eigenvalue weighted by molar-refractivity contribution is 0.0816. The van der Waals surface area contributed by atoms with Crippen LogP contribution in [0.25, 0.3) is 0 Å². The third-order valence-corrected chi connectivity index (χ3v) is 2.80. The second-order valence-corrected chi connectivity index (χ2v) is 3.97. The molecule has 4 nitrogen and oxygen atoms in total. The highest BCUT2D eigenvalue weighted by atomic mass is 35.5. The molecule has 1 heterocycles. The molecule has 2 N–H and O–H groups in total. The molecule has 0 aliphatic carbocycles. The minimum atomic E-state index is 0.0245. The minimum Gasteiger partial charge on any atom is -0.386 e. The number of halogens is 1. The summed E-state index contributed by atoms with van der Waals surface area (Å²) in [5.74, 6) is 0.571. The molecule has 0 aromatic heterocycles. The van der Waals surface area contributed by atoms with Crippen molar-refractivity contribution in [3.05, 3.63) is 29.3 Å². The molecule has 1 aliphatic rings. The SMILES string of the molecule is CN1Cc2c(N=C(N)CCl)cccc2C1=O. The van der Waals surface area contributed by atoms with Crippen molar-refractivity contribution in [1.82, 2.24) is 4.90 Å². The molecule has 0 saturated heterocycles. The Bertz CT molecular complexity index is 470. The Morgan fingerprint density at radius 2 is 2.38 bits per heavy atom. The summed E-state index contributed by atoms with van der Waals surface area (Å²) in [5, 5.41) is 0. The molecule has 2 rings (SSSR count). The van der Waals surface area contributed by atoms with Gasteiger partial charge < -0.3 is 10.6 Å². The van der Waals surface area contributed by atoms with Crippen molar-refractivity contribution < 1.29 is 4.79 Å². The van der Waals surface area contributed by atoms with Crippen LogP contribution in [0.4, 0.5) is 5.69 Å². The average Bonchev–Trinajstić information content (AvgIpc) is 2.57. The van der Waals surface area contributed by atoms with Crippen LogP contribution in [0.15, 0.2) is 23.2 Å². The summed E-state index contributed by atoms with van der Waals surface area (Å²) in [4.78, 5) is 17.6. The van der Waals surface area contributed by atoms with Gasteiger partial charge >= 0.3 is 0 Å². The van der Waals surface area contributed by atoms with Gasteiger partial charge in [-0.2, -0.15) is 0 Å². The van der Waals surface area contributed by atoms with Gasteiger partial charge in [-0.05, 0) is 12.1 Å². The van der Waals surface area contributed by atoms with E-state index < -0.39 is 0 Å². The Balaban J connectivity index is 2.48. The number of carbonyl (C=O) groups excluding carboxylic acids is 1. The summed E-state index contributed by atoms with van der Waals surface area (Å²) in [5.41, 5.74) is 7.94. The number of hydrogen-bond donors (Lipinski definition) is 1. The maximum Gasteiger partial charge on any atom is 0.254 e. The van der Waals surface area contributed by atoms with Crippen molar-refractivity contribution in [3.63, 3.8) is 0 Å². The molecule has 16 heavy (non-hydrogen) atoms. The second-order valence-electron chi connectivity index (χ2n) is 3.70. The van der Waals surface area contributed by atoms with Crippen LogP contribution >= 0.6 is 11.6 Å². The lowest BCUT2D eigenvalue weighted by atomic mass is 10.1. The quantitative estimate of drug-likeness (QED) is 0.481. The summed E-state index contributed by atoms with van der Waals surface area (Å²) in [6, 6.07) is 5.44. The van der Waals surface area contributed by atoms with Crippen molar-refractivity contribution in [1.29, 1.82) is 0 Å². The Morgan fingerprint density at radius 1 is 1.62 bits per heavy atom. The van der Waals surface area contributed by atoms with E-state index in [4.69, 9.17) is 17.3 Å². The molecular formula is C11H12ClN3O. The Kier molecular flexibility index (Phi) is 2.83. The fraction of sp³-hybridized carbons (Fsp3) is 0.273. The topological polar surface area (TPSA) is 58.7 Å². The molecule has 0 unspecified atom stereocenters. The number of fused-ring (bicyclic) bond motifs is 1. The average molecular weight is 238 g/mol. The van der Waals surface area contributed by atoms with Crippen molar-refractivity contribution in [2.24, 2.45) is 10.7 Å². The molecule has 0 saturated carbocycles. The van der Waals surface area contributed by atoms with Crippen LogP contribution in [0.5, 0.6) is 0 Å². The van der Waals surface area contributed by atoms with Crippen LogP contribution in [0.1, 0.15) is 15.9 Å². The number of nitrogens with two attached hydrogens (primary N) is 1. The largest absolute Gasteiger partial charge is 0.386 e. The zero-order valence-corrected chi connectivity index (χ0v) is 9.66. The summed E-state index contributed by atoms with van der Waals surface area (Å²) >= 11 is 5.58. The van der Waals surface area contributed by atoms with E-state index in [1.54, 1.807) is 24.1 Å². The van der Waals surface area contributed by atoms with Gasteiger partial charge in [-0.25, -0.2) is 4.99 Å². The first kappa shape index (κ1) is 11.0. The van der Waals surface area contributed by atoms with Gasteiger partial charge in [-0.3, -0.25) is 4.79 Å². The summed E-state index contributed by atoms with van der Waals surface area (Å²) in [6.07, 6.45) is 0. The minimum absolute atomic E-state index is 0.0245. The third kappa shape index (κ3) is 1.76. The molecule has 84 valence electrons. The molecule has 0 radical (unpaired) electrons. The van der Waals surface area contributed by atoms with Gasteiger partial charge in [0, 0.05) is 24.7 Å². The van der Waals surface area contributed by atoms with Crippen molar-refractivity contribution >= 4 is 29.0 Å². The highest BCUT2D eigenvalue weighted by molar-refractivity contribution is 6.28. The van der Waals surface area contributed by atoms with Gasteiger partial charge in [0.25, 0.3) is 5.91 Å². The number of alkyl halides is 1. The number of nitrogens with zero attached hydrogens (tertiary/aromatic N) is 2. The highest BCUT2D eigenvalue weighted by Crippen LogP contribution is 2.30. The number of hydrogen-bond acceptors (Lipinski definition) is 2. The fourth-order valence-corrected chi connectivity index (χ4v) is 1.80. The molecule has 1 aliphatic heterocycles. The summed E-state index contributed by atoms with van der Waals surface area (Å²) < 4.78 is 0. The molecule has 1 aromatic rings. The first-order valence-corrected chi connectivity index (χ1v) is 5.43.